The summed E-state index contributed by atoms with van der Waals surface area (Å²) < 4.78 is 29.5. The second-order valence-electron chi connectivity index (χ2n) is 17.9. The molecule has 2 aliphatic heterocycles. The number of anilines is 2. The second kappa shape index (κ2) is 25.3. The van der Waals surface area contributed by atoms with Crippen molar-refractivity contribution in [2.75, 3.05) is 70.6 Å². The number of amides is 2. The third kappa shape index (κ3) is 13.4. The van der Waals surface area contributed by atoms with E-state index in [0.29, 0.717) is 86.3 Å². The van der Waals surface area contributed by atoms with Crippen LogP contribution in [-0.2, 0) is 63.1 Å². The Kier molecular flexibility index (Phi) is 18.5. The molecule has 4 heterocycles. The van der Waals surface area contributed by atoms with Gasteiger partial charge >= 0.3 is 11.9 Å². The zero-order valence-corrected chi connectivity index (χ0v) is 42.7. The Morgan fingerprint density at radius 1 is 0.575 bits per heavy atom. The van der Waals surface area contributed by atoms with Gasteiger partial charge in [0.1, 0.15) is 22.8 Å². The van der Waals surface area contributed by atoms with Crippen molar-refractivity contribution < 1.29 is 48.0 Å². The number of benzene rings is 4. The maximum Gasteiger partial charge on any atom is 0.337 e. The Hall–Kier alpha value is -7.38. The van der Waals surface area contributed by atoms with Crippen LogP contribution in [-0.4, -0.2) is 109 Å². The highest BCUT2D eigenvalue weighted by Gasteiger charge is 2.32. The van der Waals surface area contributed by atoms with Crippen molar-refractivity contribution in [3.63, 3.8) is 0 Å². The van der Waals surface area contributed by atoms with Crippen LogP contribution in [0.1, 0.15) is 112 Å². The molecule has 73 heavy (non-hydrogen) atoms. The number of aliphatic hydroxyl groups excluding tert-OH is 1. The number of hydrogen-bond donors (Lipinski definition) is 3. The van der Waals surface area contributed by atoms with Gasteiger partial charge in [0.05, 0.1) is 102 Å². The minimum Gasteiger partial charge on any atom is -0.465 e. The molecule has 18 nitrogen and oxygen atoms in total. The number of aryl methyl sites for hydroxylation is 2. The molecule has 0 saturated carbocycles. The van der Waals surface area contributed by atoms with E-state index in [9.17, 15) is 19.2 Å². The van der Waals surface area contributed by atoms with Crippen molar-refractivity contribution in [3.8, 4) is 0 Å². The zero-order valence-electron chi connectivity index (χ0n) is 42.7. The Morgan fingerprint density at radius 2 is 0.986 bits per heavy atom. The van der Waals surface area contributed by atoms with Crippen LogP contribution in [0.4, 0.5) is 11.6 Å². The first-order valence-corrected chi connectivity index (χ1v) is 24.4. The highest BCUT2D eigenvalue weighted by molar-refractivity contribution is 6.01. The van der Waals surface area contributed by atoms with Crippen LogP contribution in [0.15, 0.2) is 97.1 Å². The molecule has 18 heteroatoms. The van der Waals surface area contributed by atoms with Gasteiger partial charge in [-0.1, -0.05) is 72.8 Å². The zero-order chi connectivity index (χ0) is 52.0. The highest BCUT2D eigenvalue weighted by atomic mass is 16.5. The van der Waals surface area contributed by atoms with Crippen LogP contribution in [0.3, 0.4) is 0 Å². The number of aliphatic hydroxyl groups is 1. The second-order valence-corrected chi connectivity index (χ2v) is 17.9. The van der Waals surface area contributed by atoms with Crippen molar-refractivity contribution in [2.24, 2.45) is 0 Å². The van der Waals surface area contributed by atoms with E-state index in [1.54, 1.807) is 31.4 Å². The van der Waals surface area contributed by atoms with E-state index in [-0.39, 0.29) is 30.5 Å². The third-order valence-electron chi connectivity index (χ3n) is 12.7. The van der Waals surface area contributed by atoms with Crippen LogP contribution < -0.4 is 20.4 Å². The fraction of sp³-hybridized carbons (Fsp3) is 0.382. The first kappa shape index (κ1) is 53.4. The molecule has 386 valence electrons. The molecule has 2 atom stereocenters. The summed E-state index contributed by atoms with van der Waals surface area (Å²) in [5, 5.41) is 24.3. The summed E-state index contributed by atoms with van der Waals surface area (Å²) in [4.78, 5) is 54.6. The van der Waals surface area contributed by atoms with Gasteiger partial charge in [-0.05, 0) is 85.3 Å². The lowest BCUT2D eigenvalue weighted by molar-refractivity contribution is 0.0592. The standard InChI is InChI=1S/C28H34N4O5.C27H32N4O5/c1-19(23-8-10-24(11-9-23)28(34)36-4)29-26(33)25-20(2)30-32-13-12-31(27(25)32)17-21-6-5-7-22(16-21)18-37-15-14-35-3;1-18(22-7-9-23(10-8-22)27(34)35-3)28-25(33)24-19(2)29-31-12-11-30(26(24)31)16-20-5-4-6-21(15-20)17-36-14-13-32/h5-11,16,19H,12-15,17-18H2,1-4H3,(H,29,33);4-10,15,18,32H,11-14,16-17H2,1-3H3,(H,28,33)/t19-;18-/m00/s1. The number of rotatable bonds is 21. The third-order valence-corrected chi connectivity index (χ3v) is 12.7. The monoisotopic (exact) mass is 998 g/mol. The molecule has 0 saturated heterocycles. The number of methoxy groups -OCH3 is 3. The lowest BCUT2D eigenvalue weighted by Gasteiger charge is -2.21. The first-order valence-electron chi connectivity index (χ1n) is 24.4. The number of ether oxygens (including phenoxy) is 5. The summed E-state index contributed by atoms with van der Waals surface area (Å²) in [6.07, 6.45) is 0. The number of carbonyl (C=O) groups excluding carboxylic acids is 4. The maximum absolute atomic E-state index is 13.4. The van der Waals surface area contributed by atoms with E-state index >= 15 is 0 Å². The summed E-state index contributed by atoms with van der Waals surface area (Å²) in [5.41, 5.74) is 9.65. The van der Waals surface area contributed by atoms with Crippen molar-refractivity contribution in [2.45, 2.75) is 79.2 Å². The molecule has 0 unspecified atom stereocenters. The summed E-state index contributed by atoms with van der Waals surface area (Å²) in [5.74, 6) is 0.517. The molecule has 2 aromatic heterocycles. The number of hydrogen-bond acceptors (Lipinski definition) is 14. The molecule has 0 spiro atoms. The van der Waals surface area contributed by atoms with E-state index in [4.69, 9.17) is 28.8 Å². The molecule has 4 aromatic carbocycles. The molecule has 8 rings (SSSR count). The van der Waals surface area contributed by atoms with Crippen LogP contribution in [0, 0.1) is 13.8 Å². The van der Waals surface area contributed by atoms with Crippen molar-refractivity contribution in [3.05, 3.63) is 164 Å². The molecule has 6 aromatic rings. The van der Waals surface area contributed by atoms with Gasteiger partial charge in [-0.15, -0.1) is 0 Å². The predicted molar refractivity (Wildman–Crippen MR) is 275 cm³/mol. The van der Waals surface area contributed by atoms with Gasteiger partial charge in [0.2, 0.25) is 0 Å². The van der Waals surface area contributed by atoms with Crippen LogP contribution in [0.2, 0.25) is 0 Å². The van der Waals surface area contributed by atoms with Gasteiger partial charge < -0.3 is 49.2 Å². The molecule has 3 N–H and O–H groups in total. The van der Waals surface area contributed by atoms with Crippen LogP contribution >= 0.6 is 0 Å². The Bertz CT molecular complexity index is 2840. The Morgan fingerprint density at radius 3 is 1.38 bits per heavy atom. The molecule has 0 bridgehead atoms. The number of fused-ring (bicyclic) bond motifs is 2. The topological polar surface area (TPSA) is 201 Å². The molecule has 2 aliphatic rings. The van der Waals surface area contributed by atoms with E-state index in [2.05, 4.69) is 54.9 Å². The number of carbonyl (C=O) groups is 4. The number of nitrogens with one attached hydrogen (secondary N) is 2. The van der Waals surface area contributed by atoms with Gasteiger partial charge in [0.15, 0.2) is 0 Å². The van der Waals surface area contributed by atoms with Gasteiger partial charge in [-0.25, -0.2) is 19.0 Å². The maximum atomic E-state index is 13.4. The normalized spacial score (nSPS) is 13.4. The Balaban J connectivity index is 0.000000214. The largest absolute Gasteiger partial charge is 0.465 e. The average Bonchev–Trinajstić information content (AvgIpc) is 4.15. The quantitative estimate of drug-likeness (QED) is 0.0511. The molecular weight excluding hydrogens is 933 g/mol. The highest BCUT2D eigenvalue weighted by Crippen LogP contribution is 2.32. The van der Waals surface area contributed by atoms with Gasteiger partial charge in [-0.2, -0.15) is 10.2 Å². The number of nitrogens with zero attached hydrogens (tertiary/aromatic N) is 6. The summed E-state index contributed by atoms with van der Waals surface area (Å²) in [7, 11) is 4.36. The predicted octanol–water partition coefficient (Wildman–Crippen LogP) is 6.65. The lowest BCUT2D eigenvalue weighted by atomic mass is 10.1. The molecular formula is C55H66N8O10. The van der Waals surface area contributed by atoms with Gasteiger partial charge in [0, 0.05) is 33.3 Å². The van der Waals surface area contributed by atoms with Crippen molar-refractivity contribution in [1.29, 1.82) is 0 Å². The van der Waals surface area contributed by atoms with Crippen molar-refractivity contribution >= 4 is 35.4 Å². The van der Waals surface area contributed by atoms with Gasteiger partial charge in [-0.3, -0.25) is 9.59 Å². The SMILES string of the molecule is COC(=O)c1ccc([C@H](C)NC(=O)c2c(C)nn3c2N(Cc2cccc(COCCO)c2)CC3)cc1.COCCOCc1cccc(CN2CCn3nc(C)c(C(=O)N[C@@H](C)c4ccc(C(=O)OC)cc4)c32)c1. The number of aromatic nitrogens is 4. The van der Waals surface area contributed by atoms with E-state index < -0.39 is 11.9 Å². The molecule has 0 radical (unpaired) electrons. The average molecular weight is 999 g/mol. The van der Waals surface area contributed by atoms with Crippen LogP contribution in [0.25, 0.3) is 0 Å². The fourth-order valence-electron chi connectivity index (χ4n) is 8.99. The lowest BCUT2D eigenvalue weighted by Crippen LogP contribution is -2.29. The summed E-state index contributed by atoms with van der Waals surface area (Å²) >= 11 is 0. The molecule has 0 aliphatic carbocycles. The van der Waals surface area contributed by atoms with Crippen LogP contribution in [0.5, 0.6) is 0 Å². The fourth-order valence-corrected chi connectivity index (χ4v) is 8.99. The smallest absolute Gasteiger partial charge is 0.337 e. The van der Waals surface area contributed by atoms with E-state index in [1.807, 2.05) is 85.6 Å². The summed E-state index contributed by atoms with van der Waals surface area (Å²) in [6, 6.07) is 30.0. The van der Waals surface area contributed by atoms with Gasteiger partial charge in [0.25, 0.3) is 11.8 Å². The minimum atomic E-state index is -0.396. The van der Waals surface area contributed by atoms with Crippen molar-refractivity contribution in [1.82, 2.24) is 30.2 Å². The van der Waals surface area contributed by atoms with E-state index in [1.165, 1.54) is 14.2 Å². The first-order chi connectivity index (χ1) is 35.3. The minimum absolute atomic E-state index is 0.000924. The van der Waals surface area contributed by atoms with E-state index in [0.717, 1.165) is 64.7 Å². The summed E-state index contributed by atoms with van der Waals surface area (Å²) in [6.45, 7) is 14.2. The Labute approximate surface area is 426 Å². The molecule has 0 fully saturated rings. The number of esters is 2. The molecule has 2 amide bonds.